The van der Waals surface area contributed by atoms with E-state index in [2.05, 4.69) is 32.9 Å². The Hall–Kier alpha value is -1.40. The van der Waals surface area contributed by atoms with Crippen molar-refractivity contribution in [1.82, 2.24) is 0 Å². The maximum Gasteiger partial charge on any atom is 0.306 e. The maximum absolute atomic E-state index is 12.2. The third kappa shape index (κ3) is 29.5. The van der Waals surface area contributed by atoms with E-state index in [0.717, 1.165) is 57.3 Å². The van der Waals surface area contributed by atoms with E-state index < -0.39 is 6.10 Å². The molecule has 0 spiro atoms. The molecule has 1 N–H and O–H groups in total. The Morgan fingerprint density at radius 3 is 1.71 bits per heavy atom. The van der Waals surface area contributed by atoms with Crippen LogP contribution in [0.4, 0.5) is 0 Å². The molecule has 48 heavy (non-hydrogen) atoms. The number of ether oxygens (including phenoxy) is 3. The smallest absolute Gasteiger partial charge is 0.306 e. The molecular formula is C42H78O6. The zero-order valence-corrected chi connectivity index (χ0v) is 31.9. The van der Waals surface area contributed by atoms with Crippen LogP contribution in [-0.2, 0) is 23.8 Å². The highest BCUT2D eigenvalue weighted by molar-refractivity contribution is 5.70. The molecule has 1 rings (SSSR count). The van der Waals surface area contributed by atoms with Crippen molar-refractivity contribution in [3.05, 3.63) is 12.2 Å². The number of hydrogen-bond donors (Lipinski definition) is 1. The van der Waals surface area contributed by atoms with Gasteiger partial charge in [-0.1, -0.05) is 168 Å². The fourth-order valence-electron chi connectivity index (χ4n) is 6.39. The number of allylic oxidation sites excluding steroid dienone is 1. The molecule has 3 atom stereocenters. The monoisotopic (exact) mass is 679 g/mol. The van der Waals surface area contributed by atoms with Crippen LogP contribution in [0.25, 0.3) is 0 Å². The van der Waals surface area contributed by atoms with E-state index in [1.807, 2.05) is 0 Å². The van der Waals surface area contributed by atoms with Gasteiger partial charge in [0.25, 0.3) is 0 Å². The summed E-state index contributed by atoms with van der Waals surface area (Å²) in [5.74, 6) is 0.249. The van der Waals surface area contributed by atoms with Crippen LogP contribution in [-0.4, -0.2) is 48.6 Å². The minimum Gasteiger partial charge on any atom is -0.462 e. The van der Waals surface area contributed by atoms with E-state index in [4.69, 9.17) is 14.2 Å². The summed E-state index contributed by atoms with van der Waals surface area (Å²) < 4.78 is 16.4. The van der Waals surface area contributed by atoms with Crippen LogP contribution in [0, 0.1) is 5.92 Å². The van der Waals surface area contributed by atoms with Crippen molar-refractivity contribution in [2.45, 2.75) is 225 Å². The number of aliphatic hydroxyl groups is 1. The molecule has 0 aromatic rings. The number of aliphatic hydroxyl groups excluding tert-OH is 1. The second-order valence-electron chi connectivity index (χ2n) is 14.9. The van der Waals surface area contributed by atoms with Gasteiger partial charge >= 0.3 is 11.9 Å². The molecule has 6 heteroatoms. The highest BCUT2D eigenvalue weighted by atomic mass is 16.6. The molecule has 1 aliphatic rings. The summed E-state index contributed by atoms with van der Waals surface area (Å²) in [7, 11) is 0. The minimum atomic E-state index is -0.775. The second-order valence-corrected chi connectivity index (χ2v) is 14.9. The Morgan fingerprint density at radius 2 is 1.17 bits per heavy atom. The standard InChI is InChI=1S/C42H78O6/c1-4-5-25-31-39-40(48-39)32-27-22-18-15-16-19-23-28-33-41(44)46-36-38(35-43)47-42(45)34-29-24-20-14-12-10-8-6-7-9-11-13-17-21-26-30-37(2)3/h22,27,37-40,43H,4-21,23-26,28-36H2,1-3H3/b27-22-/t38-,39?,40?/m0/s1. The number of carbonyl (C=O) groups excluding carboxylic acids is 2. The van der Waals surface area contributed by atoms with Gasteiger partial charge in [0.1, 0.15) is 6.61 Å². The third-order valence-corrected chi connectivity index (χ3v) is 9.66. The average Bonchev–Trinajstić information content (AvgIpc) is 3.82. The van der Waals surface area contributed by atoms with Gasteiger partial charge in [-0.2, -0.15) is 0 Å². The maximum atomic E-state index is 12.2. The average molecular weight is 679 g/mol. The summed E-state index contributed by atoms with van der Waals surface area (Å²) in [5.41, 5.74) is 0. The second kappa shape index (κ2) is 32.8. The van der Waals surface area contributed by atoms with Gasteiger partial charge in [-0.3, -0.25) is 9.59 Å². The zero-order chi connectivity index (χ0) is 34.9. The van der Waals surface area contributed by atoms with Crippen LogP contribution in [0.2, 0.25) is 0 Å². The lowest BCUT2D eigenvalue weighted by molar-refractivity contribution is -0.161. The van der Waals surface area contributed by atoms with Gasteiger partial charge in [0.05, 0.1) is 18.8 Å². The summed E-state index contributed by atoms with van der Waals surface area (Å²) in [6.07, 6.45) is 38.7. The van der Waals surface area contributed by atoms with Gasteiger partial charge < -0.3 is 19.3 Å². The van der Waals surface area contributed by atoms with Crippen molar-refractivity contribution in [3.8, 4) is 0 Å². The Bertz CT molecular complexity index is 765. The first-order valence-electron chi connectivity index (χ1n) is 20.7. The van der Waals surface area contributed by atoms with Gasteiger partial charge in [-0.15, -0.1) is 0 Å². The fraction of sp³-hybridized carbons (Fsp3) is 0.905. The molecule has 0 saturated carbocycles. The Morgan fingerprint density at radius 1 is 0.646 bits per heavy atom. The van der Waals surface area contributed by atoms with Crippen LogP contribution in [0.3, 0.4) is 0 Å². The summed E-state index contributed by atoms with van der Waals surface area (Å²) in [5, 5.41) is 9.57. The summed E-state index contributed by atoms with van der Waals surface area (Å²) in [6.45, 7) is 6.47. The van der Waals surface area contributed by atoms with Crippen molar-refractivity contribution < 1.29 is 28.9 Å². The van der Waals surface area contributed by atoms with Gasteiger partial charge in [-0.25, -0.2) is 0 Å². The molecule has 282 valence electrons. The zero-order valence-electron chi connectivity index (χ0n) is 31.9. The molecule has 0 radical (unpaired) electrons. The Labute approximate surface area is 296 Å². The highest BCUT2D eigenvalue weighted by Crippen LogP contribution is 2.30. The number of hydrogen-bond acceptors (Lipinski definition) is 6. The predicted octanol–water partition coefficient (Wildman–Crippen LogP) is 11.7. The fourth-order valence-corrected chi connectivity index (χ4v) is 6.39. The van der Waals surface area contributed by atoms with Gasteiger partial charge in [0.15, 0.2) is 6.10 Å². The van der Waals surface area contributed by atoms with Crippen molar-refractivity contribution in [2.75, 3.05) is 13.2 Å². The first-order chi connectivity index (χ1) is 23.5. The topological polar surface area (TPSA) is 85.4 Å². The van der Waals surface area contributed by atoms with E-state index in [-0.39, 0.29) is 25.2 Å². The van der Waals surface area contributed by atoms with Crippen LogP contribution in [0.5, 0.6) is 0 Å². The highest BCUT2D eigenvalue weighted by Gasteiger charge is 2.36. The van der Waals surface area contributed by atoms with Crippen LogP contribution in [0.15, 0.2) is 12.2 Å². The van der Waals surface area contributed by atoms with Crippen LogP contribution >= 0.6 is 0 Å². The van der Waals surface area contributed by atoms with Gasteiger partial charge in [-0.05, 0) is 44.4 Å². The number of rotatable bonds is 36. The number of epoxide rings is 1. The number of unbranched alkanes of at least 4 members (excludes halogenated alkanes) is 21. The predicted molar refractivity (Wildman–Crippen MR) is 200 cm³/mol. The van der Waals surface area contributed by atoms with Gasteiger partial charge in [0, 0.05) is 12.8 Å². The molecule has 0 bridgehead atoms. The van der Waals surface area contributed by atoms with E-state index in [1.165, 1.54) is 122 Å². The molecule has 1 saturated heterocycles. The quantitative estimate of drug-likeness (QED) is 0.0307. The van der Waals surface area contributed by atoms with Crippen molar-refractivity contribution in [3.63, 3.8) is 0 Å². The molecule has 0 aliphatic carbocycles. The first kappa shape index (κ1) is 44.6. The summed E-state index contributed by atoms with van der Waals surface area (Å²) >= 11 is 0. The molecule has 1 aliphatic heterocycles. The Kier molecular flexibility index (Phi) is 30.5. The van der Waals surface area contributed by atoms with E-state index in [9.17, 15) is 14.7 Å². The SMILES string of the molecule is CCCCCC1OC1C/C=C\CCCCCCCC(=O)OC[C@H](CO)OC(=O)CCCCCCCCCCCCCCCCCC(C)C. The summed E-state index contributed by atoms with van der Waals surface area (Å²) in [6, 6.07) is 0. The van der Waals surface area contributed by atoms with Crippen molar-refractivity contribution >= 4 is 11.9 Å². The van der Waals surface area contributed by atoms with Crippen molar-refractivity contribution in [1.29, 1.82) is 0 Å². The van der Waals surface area contributed by atoms with Crippen molar-refractivity contribution in [2.24, 2.45) is 5.92 Å². The Balaban J connectivity index is 1.85. The molecule has 0 aromatic carbocycles. The van der Waals surface area contributed by atoms with Crippen LogP contribution < -0.4 is 0 Å². The normalized spacial score (nSPS) is 16.5. The molecule has 0 amide bonds. The molecule has 6 nitrogen and oxygen atoms in total. The van der Waals surface area contributed by atoms with Gasteiger partial charge in [0.2, 0.25) is 0 Å². The minimum absolute atomic E-state index is 0.0722. The summed E-state index contributed by atoms with van der Waals surface area (Å²) in [4.78, 5) is 24.3. The molecular weight excluding hydrogens is 600 g/mol. The lowest BCUT2D eigenvalue weighted by atomic mass is 10.0. The first-order valence-corrected chi connectivity index (χ1v) is 20.7. The third-order valence-electron chi connectivity index (χ3n) is 9.66. The van der Waals surface area contributed by atoms with E-state index in [0.29, 0.717) is 25.0 Å². The molecule has 1 fully saturated rings. The lowest BCUT2D eigenvalue weighted by Crippen LogP contribution is -2.28. The molecule has 2 unspecified atom stereocenters. The number of esters is 2. The van der Waals surface area contributed by atoms with E-state index in [1.54, 1.807) is 0 Å². The largest absolute Gasteiger partial charge is 0.462 e. The lowest BCUT2D eigenvalue weighted by Gasteiger charge is -2.15. The van der Waals surface area contributed by atoms with Crippen LogP contribution in [0.1, 0.15) is 207 Å². The van der Waals surface area contributed by atoms with E-state index >= 15 is 0 Å². The molecule has 1 heterocycles. The molecule has 0 aromatic heterocycles. The number of carbonyl (C=O) groups is 2.